The normalized spacial score (nSPS) is 14.4. The van der Waals surface area contributed by atoms with Crippen molar-refractivity contribution in [1.82, 2.24) is 10.7 Å². The molecule has 0 aromatic heterocycles. The molecule has 66 valence electrons. The summed E-state index contributed by atoms with van der Waals surface area (Å²) in [5, 5.41) is 3.13. The Morgan fingerprint density at radius 3 is 2.64 bits per heavy atom. The van der Waals surface area contributed by atoms with Crippen LogP contribution >= 0.6 is 0 Å². The molecule has 0 aromatic carbocycles. The number of guanidine groups is 1. The van der Waals surface area contributed by atoms with Crippen LogP contribution in [0.3, 0.4) is 0 Å². The Morgan fingerprint density at radius 2 is 2.27 bits per heavy atom. The lowest BCUT2D eigenvalue weighted by atomic mass is 10.2. The lowest BCUT2D eigenvalue weighted by molar-refractivity contribution is 0.586. The van der Waals surface area contributed by atoms with Gasteiger partial charge >= 0.3 is 0 Å². The lowest BCUT2D eigenvalue weighted by Gasteiger charge is -2.14. The highest BCUT2D eigenvalue weighted by atomic mass is 15.3. The number of hydrogen-bond donors (Lipinski definition) is 3. The molecule has 4 heteroatoms. The van der Waals surface area contributed by atoms with Gasteiger partial charge in [-0.25, -0.2) is 5.84 Å². The van der Waals surface area contributed by atoms with Gasteiger partial charge in [-0.2, -0.15) is 0 Å². The quantitative estimate of drug-likeness (QED) is 0.238. The first kappa shape index (κ1) is 10.2. The van der Waals surface area contributed by atoms with Crippen molar-refractivity contribution in [3.05, 3.63) is 0 Å². The van der Waals surface area contributed by atoms with Crippen molar-refractivity contribution in [3.8, 4) is 0 Å². The Balaban J connectivity index is 3.63. The highest BCUT2D eigenvalue weighted by molar-refractivity contribution is 5.79. The van der Waals surface area contributed by atoms with Crippen molar-refractivity contribution in [2.45, 2.75) is 32.7 Å². The van der Waals surface area contributed by atoms with E-state index >= 15 is 0 Å². The minimum atomic E-state index is 0.426. The van der Waals surface area contributed by atoms with E-state index < -0.39 is 0 Å². The van der Waals surface area contributed by atoms with E-state index in [0.29, 0.717) is 12.0 Å². The van der Waals surface area contributed by atoms with Gasteiger partial charge in [0.15, 0.2) is 0 Å². The fraction of sp³-hybridized carbons (Fsp3) is 0.857. The van der Waals surface area contributed by atoms with Crippen LogP contribution in [0.15, 0.2) is 4.99 Å². The smallest absolute Gasteiger partial charge is 0.205 e. The Bertz CT molecular complexity index is 122. The standard InChI is InChI=1S/C7H18N4/c1-4-5-6(2)10-7(9-3)11-8/h6H,4-5,8H2,1-3H3,(H2,9,10,11). The Kier molecular flexibility index (Phi) is 5.56. The van der Waals surface area contributed by atoms with Crippen molar-refractivity contribution in [1.29, 1.82) is 0 Å². The maximum atomic E-state index is 5.18. The van der Waals surface area contributed by atoms with E-state index in [4.69, 9.17) is 5.84 Å². The first-order valence-corrected chi connectivity index (χ1v) is 3.94. The van der Waals surface area contributed by atoms with Crippen molar-refractivity contribution < 1.29 is 0 Å². The average Bonchev–Trinajstić information content (AvgIpc) is 2.01. The topological polar surface area (TPSA) is 62.4 Å². The van der Waals surface area contributed by atoms with E-state index in [-0.39, 0.29) is 0 Å². The summed E-state index contributed by atoms with van der Waals surface area (Å²) < 4.78 is 0. The molecule has 0 aromatic rings. The molecule has 0 saturated heterocycles. The van der Waals surface area contributed by atoms with Crippen LogP contribution in [0.25, 0.3) is 0 Å². The van der Waals surface area contributed by atoms with Crippen molar-refractivity contribution in [3.63, 3.8) is 0 Å². The zero-order valence-corrected chi connectivity index (χ0v) is 7.52. The average molecular weight is 158 g/mol. The Labute approximate surface area is 68.2 Å². The molecule has 4 nitrogen and oxygen atoms in total. The maximum absolute atomic E-state index is 5.18. The third kappa shape index (κ3) is 4.61. The highest BCUT2D eigenvalue weighted by Crippen LogP contribution is 1.93. The lowest BCUT2D eigenvalue weighted by Crippen LogP contribution is -2.45. The zero-order valence-electron chi connectivity index (χ0n) is 7.52. The minimum absolute atomic E-state index is 0.426. The summed E-state index contributed by atoms with van der Waals surface area (Å²) in [7, 11) is 1.70. The number of nitrogens with one attached hydrogen (secondary N) is 2. The highest BCUT2D eigenvalue weighted by Gasteiger charge is 2.00. The SMILES string of the molecule is CCCC(C)NC(=NC)NN. The van der Waals surface area contributed by atoms with Crippen LogP contribution in [-0.2, 0) is 0 Å². The second kappa shape index (κ2) is 5.97. The largest absolute Gasteiger partial charge is 0.353 e. The maximum Gasteiger partial charge on any atom is 0.205 e. The molecular weight excluding hydrogens is 140 g/mol. The van der Waals surface area contributed by atoms with E-state index in [1.807, 2.05) is 0 Å². The molecule has 0 amide bonds. The molecule has 1 unspecified atom stereocenters. The van der Waals surface area contributed by atoms with Gasteiger partial charge in [-0.05, 0) is 13.3 Å². The number of aliphatic imine (C=N–C) groups is 1. The molecule has 0 aliphatic rings. The monoisotopic (exact) mass is 158 g/mol. The third-order valence-corrected chi connectivity index (χ3v) is 1.47. The van der Waals surface area contributed by atoms with Crippen LogP contribution in [0.2, 0.25) is 0 Å². The van der Waals surface area contributed by atoms with Crippen LogP contribution in [-0.4, -0.2) is 19.0 Å². The van der Waals surface area contributed by atoms with Gasteiger partial charge in [0.05, 0.1) is 0 Å². The summed E-state index contributed by atoms with van der Waals surface area (Å²) in [4.78, 5) is 3.90. The predicted molar refractivity (Wildman–Crippen MR) is 48.2 cm³/mol. The Hall–Kier alpha value is -0.770. The number of hydrazine groups is 1. The van der Waals surface area contributed by atoms with Gasteiger partial charge in [0, 0.05) is 13.1 Å². The second-order valence-corrected chi connectivity index (χ2v) is 2.55. The first-order valence-electron chi connectivity index (χ1n) is 3.94. The summed E-state index contributed by atoms with van der Waals surface area (Å²) in [5.41, 5.74) is 2.48. The molecule has 0 aliphatic heterocycles. The molecule has 0 rings (SSSR count). The fourth-order valence-electron chi connectivity index (χ4n) is 0.909. The molecule has 1 atom stereocenters. The van der Waals surface area contributed by atoms with Gasteiger partial charge in [0.1, 0.15) is 0 Å². The summed E-state index contributed by atoms with van der Waals surface area (Å²) in [6.45, 7) is 4.25. The molecule has 0 spiro atoms. The molecule has 0 fully saturated rings. The number of hydrogen-bond acceptors (Lipinski definition) is 2. The third-order valence-electron chi connectivity index (χ3n) is 1.47. The molecule has 0 radical (unpaired) electrons. The van der Waals surface area contributed by atoms with Gasteiger partial charge < -0.3 is 5.32 Å². The van der Waals surface area contributed by atoms with Gasteiger partial charge in [0.2, 0.25) is 5.96 Å². The van der Waals surface area contributed by atoms with Crippen LogP contribution in [0.4, 0.5) is 0 Å². The molecule has 0 bridgehead atoms. The van der Waals surface area contributed by atoms with E-state index in [2.05, 4.69) is 29.6 Å². The van der Waals surface area contributed by atoms with E-state index in [9.17, 15) is 0 Å². The summed E-state index contributed by atoms with van der Waals surface area (Å²) in [6.07, 6.45) is 2.29. The van der Waals surface area contributed by atoms with Crippen molar-refractivity contribution >= 4 is 5.96 Å². The van der Waals surface area contributed by atoms with Crippen molar-refractivity contribution in [2.75, 3.05) is 7.05 Å². The van der Waals surface area contributed by atoms with Crippen molar-refractivity contribution in [2.24, 2.45) is 10.8 Å². The minimum Gasteiger partial charge on any atom is -0.353 e. The van der Waals surface area contributed by atoms with Crippen LogP contribution in [0, 0.1) is 0 Å². The van der Waals surface area contributed by atoms with Gasteiger partial charge in [-0.1, -0.05) is 13.3 Å². The van der Waals surface area contributed by atoms with E-state index in [1.54, 1.807) is 7.05 Å². The van der Waals surface area contributed by atoms with Gasteiger partial charge in [0.25, 0.3) is 0 Å². The van der Waals surface area contributed by atoms with E-state index in [1.165, 1.54) is 0 Å². The molecule has 0 saturated carbocycles. The molecule has 0 heterocycles. The van der Waals surface area contributed by atoms with Crippen LogP contribution in [0.5, 0.6) is 0 Å². The molecule has 11 heavy (non-hydrogen) atoms. The van der Waals surface area contributed by atoms with Gasteiger partial charge in [-0.15, -0.1) is 0 Å². The molecular formula is C7H18N4. The summed E-state index contributed by atoms with van der Waals surface area (Å²) in [6, 6.07) is 0.426. The number of rotatable bonds is 3. The second-order valence-electron chi connectivity index (χ2n) is 2.55. The summed E-state index contributed by atoms with van der Waals surface area (Å²) >= 11 is 0. The Morgan fingerprint density at radius 1 is 1.64 bits per heavy atom. The predicted octanol–water partition coefficient (Wildman–Crippen LogP) is 0.214. The number of nitrogens with two attached hydrogens (primary N) is 1. The van der Waals surface area contributed by atoms with Crippen LogP contribution < -0.4 is 16.6 Å². The van der Waals surface area contributed by atoms with Crippen LogP contribution in [0.1, 0.15) is 26.7 Å². The zero-order chi connectivity index (χ0) is 8.69. The first-order chi connectivity index (χ1) is 5.24. The summed E-state index contributed by atoms with van der Waals surface area (Å²) in [5.74, 6) is 5.83. The number of nitrogens with zero attached hydrogens (tertiary/aromatic N) is 1. The van der Waals surface area contributed by atoms with E-state index in [0.717, 1.165) is 12.8 Å². The molecule has 4 N–H and O–H groups in total. The van der Waals surface area contributed by atoms with Gasteiger partial charge in [-0.3, -0.25) is 10.4 Å². The fourth-order valence-corrected chi connectivity index (χ4v) is 0.909. The molecule has 0 aliphatic carbocycles.